The van der Waals surface area contributed by atoms with Gasteiger partial charge < -0.3 is 16.0 Å². The Bertz CT molecular complexity index is 705. The highest BCUT2D eigenvalue weighted by Gasteiger charge is 2.26. The van der Waals surface area contributed by atoms with Crippen molar-refractivity contribution in [2.75, 3.05) is 19.6 Å². The molecule has 2 heterocycles. The number of amides is 3. The first-order valence-electron chi connectivity index (χ1n) is 8.05. The number of rotatable bonds is 4. The molecule has 0 unspecified atom stereocenters. The maximum absolute atomic E-state index is 12.0. The Labute approximate surface area is 140 Å². The first-order valence-corrected chi connectivity index (χ1v) is 8.05. The van der Waals surface area contributed by atoms with Crippen molar-refractivity contribution < 1.29 is 9.59 Å². The van der Waals surface area contributed by atoms with Crippen LogP contribution in [0.15, 0.2) is 36.5 Å². The molecule has 3 rings (SSSR count). The minimum Gasteiger partial charge on any atom is -0.352 e. The van der Waals surface area contributed by atoms with Gasteiger partial charge in [0.05, 0.1) is 12.7 Å². The van der Waals surface area contributed by atoms with E-state index in [0.717, 1.165) is 29.7 Å². The fourth-order valence-electron chi connectivity index (χ4n) is 3.15. The molecule has 24 heavy (non-hydrogen) atoms. The van der Waals surface area contributed by atoms with Crippen LogP contribution in [0.2, 0.25) is 0 Å². The zero-order valence-corrected chi connectivity index (χ0v) is 13.4. The lowest BCUT2D eigenvalue weighted by Crippen LogP contribution is -2.44. The van der Waals surface area contributed by atoms with Gasteiger partial charge in [-0.05, 0) is 18.4 Å². The molecule has 4 N–H and O–H groups in total. The van der Waals surface area contributed by atoms with Gasteiger partial charge in [-0.15, -0.1) is 0 Å². The van der Waals surface area contributed by atoms with Crippen molar-refractivity contribution in [2.24, 2.45) is 5.73 Å². The summed E-state index contributed by atoms with van der Waals surface area (Å²) in [5.41, 5.74) is 8.39. The van der Waals surface area contributed by atoms with Crippen molar-refractivity contribution >= 4 is 11.9 Å². The lowest BCUT2D eigenvalue weighted by molar-refractivity contribution is -0.131. The third-order valence-electron chi connectivity index (χ3n) is 4.42. The molecule has 0 atom stereocenters. The Hall–Kier alpha value is -2.83. The molecule has 1 aromatic heterocycles. The van der Waals surface area contributed by atoms with E-state index in [1.165, 1.54) is 0 Å². The lowest BCUT2D eigenvalue weighted by atomic mass is 9.89. The van der Waals surface area contributed by atoms with Crippen molar-refractivity contribution in [2.45, 2.75) is 18.8 Å². The van der Waals surface area contributed by atoms with Crippen LogP contribution in [0.3, 0.4) is 0 Å². The Morgan fingerprint density at radius 2 is 1.96 bits per heavy atom. The van der Waals surface area contributed by atoms with E-state index in [0.29, 0.717) is 19.0 Å². The SMILES string of the molecule is NC(=O)NCC(=O)N1CCC(c2[nH]ncc2-c2ccccc2)CC1. The minimum absolute atomic E-state index is 0.0423. The van der Waals surface area contributed by atoms with Crippen LogP contribution in [0.1, 0.15) is 24.5 Å². The average molecular weight is 327 g/mol. The van der Waals surface area contributed by atoms with E-state index in [2.05, 4.69) is 27.6 Å². The summed E-state index contributed by atoms with van der Waals surface area (Å²) in [7, 11) is 0. The summed E-state index contributed by atoms with van der Waals surface area (Å²) in [4.78, 5) is 24.5. The summed E-state index contributed by atoms with van der Waals surface area (Å²) in [6.45, 7) is 1.29. The van der Waals surface area contributed by atoms with Crippen LogP contribution < -0.4 is 11.1 Å². The number of piperidine rings is 1. The molecule has 0 saturated carbocycles. The number of likely N-dealkylation sites (tertiary alicyclic amines) is 1. The van der Waals surface area contributed by atoms with Gasteiger partial charge in [-0.3, -0.25) is 9.89 Å². The van der Waals surface area contributed by atoms with Gasteiger partial charge in [0, 0.05) is 30.3 Å². The number of H-pyrrole nitrogens is 1. The lowest BCUT2D eigenvalue weighted by Gasteiger charge is -2.32. The highest BCUT2D eigenvalue weighted by Crippen LogP contribution is 2.33. The summed E-state index contributed by atoms with van der Waals surface area (Å²) < 4.78 is 0. The molecule has 2 aromatic rings. The number of primary amides is 1. The normalized spacial score (nSPS) is 15.2. The van der Waals surface area contributed by atoms with Crippen LogP contribution in [0.5, 0.6) is 0 Å². The van der Waals surface area contributed by atoms with Gasteiger partial charge in [0.25, 0.3) is 0 Å². The number of carbonyl (C=O) groups is 2. The molecular weight excluding hydrogens is 306 g/mol. The summed E-state index contributed by atoms with van der Waals surface area (Å²) in [6.07, 6.45) is 3.59. The summed E-state index contributed by atoms with van der Waals surface area (Å²) in [6, 6.07) is 9.49. The van der Waals surface area contributed by atoms with Gasteiger partial charge in [0.2, 0.25) is 5.91 Å². The monoisotopic (exact) mass is 327 g/mol. The summed E-state index contributed by atoms with van der Waals surface area (Å²) >= 11 is 0. The standard InChI is InChI=1S/C17H21N5O2/c18-17(24)19-11-15(23)22-8-6-13(7-9-22)16-14(10-20-21-16)12-4-2-1-3-5-12/h1-5,10,13H,6-9,11H2,(H,20,21)(H3,18,19,24). The third kappa shape index (κ3) is 3.56. The number of urea groups is 1. The smallest absolute Gasteiger partial charge is 0.312 e. The van der Waals surface area contributed by atoms with Gasteiger partial charge in [0.15, 0.2) is 0 Å². The number of aromatic nitrogens is 2. The molecule has 1 aliphatic heterocycles. The molecule has 1 aliphatic rings. The molecule has 126 valence electrons. The van der Waals surface area contributed by atoms with E-state index in [1.807, 2.05) is 24.4 Å². The summed E-state index contributed by atoms with van der Waals surface area (Å²) in [5, 5.41) is 9.68. The number of aromatic amines is 1. The van der Waals surface area contributed by atoms with Gasteiger partial charge in [-0.2, -0.15) is 5.10 Å². The van der Waals surface area contributed by atoms with Crippen LogP contribution in [0.25, 0.3) is 11.1 Å². The molecule has 1 fully saturated rings. The Balaban J connectivity index is 1.63. The highest BCUT2D eigenvalue weighted by atomic mass is 16.2. The van der Waals surface area contributed by atoms with Crippen molar-refractivity contribution in [3.63, 3.8) is 0 Å². The molecular formula is C17H21N5O2. The van der Waals surface area contributed by atoms with Crippen molar-refractivity contribution in [3.05, 3.63) is 42.2 Å². The maximum Gasteiger partial charge on any atom is 0.312 e. The van der Waals surface area contributed by atoms with Crippen LogP contribution in [-0.4, -0.2) is 46.7 Å². The number of hydrogen-bond acceptors (Lipinski definition) is 3. The fourth-order valence-corrected chi connectivity index (χ4v) is 3.15. The van der Waals surface area contributed by atoms with Crippen LogP contribution in [-0.2, 0) is 4.79 Å². The van der Waals surface area contributed by atoms with Gasteiger partial charge in [-0.1, -0.05) is 30.3 Å². The molecule has 7 nitrogen and oxygen atoms in total. The number of nitrogens with two attached hydrogens (primary N) is 1. The fraction of sp³-hybridized carbons (Fsp3) is 0.353. The molecule has 0 bridgehead atoms. The predicted octanol–water partition coefficient (Wildman–Crippen LogP) is 1.45. The number of benzene rings is 1. The number of hydrogen-bond donors (Lipinski definition) is 3. The molecule has 0 radical (unpaired) electrons. The second-order valence-corrected chi connectivity index (χ2v) is 5.94. The topological polar surface area (TPSA) is 104 Å². The van der Waals surface area contributed by atoms with Crippen molar-refractivity contribution in [1.29, 1.82) is 0 Å². The average Bonchev–Trinajstić information content (AvgIpc) is 3.10. The zero-order valence-electron chi connectivity index (χ0n) is 13.4. The van der Waals surface area contributed by atoms with E-state index in [9.17, 15) is 9.59 Å². The molecule has 3 amide bonds. The van der Waals surface area contributed by atoms with E-state index in [1.54, 1.807) is 4.90 Å². The van der Waals surface area contributed by atoms with Crippen molar-refractivity contribution in [1.82, 2.24) is 20.4 Å². The van der Waals surface area contributed by atoms with E-state index < -0.39 is 6.03 Å². The second-order valence-electron chi connectivity index (χ2n) is 5.94. The molecule has 1 saturated heterocycles. The van der Waals surface area contributed by atoms with Gasteiger partial charge >= 0.3 is 6.03 Å². The number of nitrogens with one attached hydrogen (secondary N) is 2. The molecule has 0 aliphatic carbocycles. The van der Waals surface area contributed by atoms with Gasteiger partial charge in [-0.25, -0.2) is 4.79 Å². The van der Waals surface area contributed by atoms with E-state index >= 15 is 0 Å². The Morgan fingerprint density at radius 3 is 2.62 bits per heavy atom. The molecule has 7 heteroatoms. The Kier molecular flexibility index (Phi) is 4.79. The largest absolute Gasteiger partial charge is 0.352 e. The van der Waals surface area contributed by atoms with E-state index in [4.69, 9.17) is 5.73 Å². The number of nitrogens with zero attached hydrogens (tertiary/aromatic N) is 2. The number of carbonyl (C=O) groups excluding carboxylic acids is 2. The maximum atomic E-state index is 12.0. The van der Waals surface area contributed by atoms with Crippen molar-refractivity contribution in [3.8, 4) is 11.1 Å². The van der Waals surface area contributed by atoms with Crippen LogP contribution in [0, 0.1) is 0 Å². The predicted molar refractivity (Wildman–Crippen MR) is 90.2 cm³/mol. The first-order chi connectivity index (χ1) is 11.6. The minimum atomic E-state index is -0.678. The Morgan fingerprint density at radius 1 is 1.25 bits per heavy atom. The second kappa shape index (κ2) is 7.16. The van der Waals surface area contributed by atoms with Gasteiger partial charge in [0.1, 0.15) is 0 Å². The van der Waals surface area contributed by atoms with E-state index in [-0.39, 0.29) is 12.5 Å². The first kappa shape index (κ1) is 16.0. The third-order valence-corrected chi connectivity index (χ3v) is 4.42. The quantitative estimate of drug-likeness (QED) is 0.791. The summed E-state index contributed by atoms with van der Waals surface area (Å²) in [5.74, 6) is 0.246. The van der Waals surface area contributed by atoms with Crippen LogP contribution >= 0.6 is 0 Å². The highest BCUT2D eigenvalue weighted by molar-refractivity contribution is 5.83. The van der Waals surface area contributed by atoms with Crippen LogP contribution in [0.4, 0.5) is 4.79 Å². The molecule has 1 aromatic carbocycles. The molecule has 0 spiro atoms. The zero-order chi connectivity index (χ0) is 16.9.